The third-order valence-electron chi connectivity index (χ3n) is 4.23. The summed E-state index contributed by atoms with van der Waals surface area (Å²) in [6.45, 7) is 9.21. The summed E-state index contributed by atoms with van der Waals surface area (Å²) >= 11 is 0. The van der Waals surface area contributed by atoms with Crippen molar-refractivity contribution in [1.29, 1.82) is 0 Å². The molecule has 0 aliphatic heterocycles. The van der Waals surface area contributed by atoms with Crippen molar-refractivity contribution in [3.63, 3.8) is 0 Å². The second-order valence-corrected chi connectivity index (χ2v) is 7.10. The minimum Gasteiger partial charge on any atom is -0.507 e. The van der Waals surface area contributed by atoms with E-state index >= 15 is 0 Å². The van der Waals surface area contributed by atoms with E-state index in [1.807, 2.05) is 13.8 Å². The van der Waals surface area contributed by atoms with Crippen LogP contribution in [-0.4, -0.2) is 33.9 Å². The van der Waals surface area contributed by atoms with E-state index in [-0.39, 0.29) is 29.5 Å². The van der Waals surface area contributed by atoms with Gasteiger partial charge in [0, 0.05) is 12.0 Å². The molecule has 2 rings (SSSR count). The van der Waals surface area contributed by atoms with Crippen LogP contribution >= 0.6 is 0 Å². The van der Waals surface area contributed by atoms with Crippen LogP contribution in [0.1, 0.15) is 54.3 Å². The average Bonchev–Trinajstić information content (AvgIpc) is 2.63. The summed E-state index contributed by atoms with van der Waals surface area (Å²) in [7, 11) is 0. The van der Waals surface area contributed by atoms with Crippen molar-refractivity contribution in [2.75, 3.05) is 0 Å². The quantitative estimate of drug-likeness (QED) is 0.310. The van der Waals surface area contributed by atoms with Gasteiger partial charge in [0.25, 0.3) is 0 Å². The number of allylic oxidation sites excluding steroid dienone is 4. The van der Waals surface area contributed by atoms with E-state index in [4.69, 9.17) is 4.74 Å². The molecule has 0 saturated carbocycles. The number of hydrogen-bond donors (Lipinski definition) is 2. The third kappa shape index (κ3) is 5.31. The van der Waals surface area contributed by atoms with E-state index < -0.39 is 35.1 Å². The summed E-state index contributed by atoms with van der Waals surface area (Å²) in [6, 6.07) is 2.29. The molecule has 0 fully saturated rings. The molecule has 1 aliphatic carbocycles. The highest BCUT2D eigenvalue weighted by Gasteiger charge is 2.35. The Hall–Kier alpha value is -3.41. The lowest BCUT2D eigenvalue weighted by atomic mass is 9.85. The molecule has 6 nitrogen and oxygen atoms in total. The summed E-state index contributed by atoms with van der Waals surface area (Å²) < 4.78 is 5.48. The standard InChI is InChI=1S/C23H24O6/c1-13(2)6-5-7-20(27)29-19(11-8-14(3)4)15-12-18(26)21-16(24)9-10-17(25)22(21)23(15)28/h5-6,8-10,12,19,24-25H,1,7,11H2,2-4H3/t19-/m1/s1. The van der Waals surface area contributed by atoms with Crippen LogP contribution in [0.3, 0.4) is 0 Å². The topological polar surface area (TPSA) is 101 Å². The molecule has 0 unspecified atom stereocenters. The molecule has 2 N–H and O–H groups in total. The predicted molar refractivity (Wildman–Crippen MR) is 109 cm³/mol. The Morgan fingerprint density at radius 1 is 1.14 bits per heavy atom. The van der Waals surface area contributed by atoms with Crippen molar-refractivity contribution in [2.24, 2.45) is 0 Å². The first-order valence-corrected chi connectivity index (χ1v) is 9.12. The van der Waals surface area contributed by atoms with Crippen molar-refractivity contribution in [2.45, 2.75) is 39.7 Å². The van der Waals surface area contributed by atoms with Gasteiger partial charge in [-0.25, -0.2) is 0 Å². The van der Waals surface area contributed by atoms with Gasteiger partial charge in [0.2, 0.25) is 0 Å². The summed E-state index contributed by atoms with van der Waals surface area (Å²) in [6.07, 6.45) is 5.31. The van der Waals surface area contributed by atoms with Gasteiger partial charge in [-0.15, -0.1) is 0 Å². The zero-order valence-electron chi connectivity index (χ0n) is 16.7. The van der Waals surface area contributed by atoms with Crippen LogP contribution in [0.2, 0.25) is 0 Å². The fraction of sp³-hybridized carbons (Fsp3) is 0.261. The number of phenolic OH excluding ortho intramolecular Hbond substituents is 2. The number of Topliss-reactive ketones (excluding diaryl/α,β-unsaturated/α-hetero) is 1. The molecule has 1 aromatic carbocycles. The maximum atomic E-state index is 13.0. The van der Waals surface area contributed by atoms with E-state index in [0.717, 1.165) is 29.4 Å². The zero-order valence-corrected chi connectivity index (χ0v) is 16.7. The second-order valence-electron chi connectivity index (χ2n) is 7.10. The number of ether oxygens (including phenoxy) is 1. The average molecular weight is 396 g/mol. The number of phenols is 2. The maximum absolute atomic E-state index is 13.0. The third-order valence-corrected chi connectivity index (χ3v) is 4.23. The Kier molecular flexibility index (Phi) is 6.93. The predicted octanol–water partition coefficient (Wildman–Crippen LogP) is 4.19. The Balaban J connectivity index is 2.38. The van der Waals surface area contributed by atoms with Crippen LogP contribution in [0.4, 0.5) is 0 Å². The van der Waals surface area contributed by atoms with Gasteiger partial charge in [0.05, 0.1) is 17.5 Å². The van der Waals surface area contributed by atoms with Crippen molar-refractivity contribution in [1.82, 2.24) is 0 Å². The van der Waals surface area contributed by atoms with E-state index in [2.05, 4.69) is 6.58 Å². The molecule has 0 spiro atoms. The molecule has 0 radical (unpaired) electrons. The van der Waals surface area contributed by atoms with Gasteiger partial charge in [-0.1, -0.05) is 36.0 Å². The number of carbonyl (C=O) groups is 3. The summed E-state index contributed by atoms with van der Waals surface area (Å²) in [5, 5.41) is 20.0. The Morgan fingerprint density at radius 2 is 1.76 bits per heavy atom. The molecule has 29 heavy (non-hydrogen) atoms. The normalized spacial score (nSPS) is 14.2. The van der Waals surface area contributed by atoms with Gasteiger partial charge < -0.3 is 14.9 Å². The monoisotopic (exact) mass is 396 g/mol. The fourth-order valence-electron chi connectivity index (χ4n) is 2.87. The Labute approximate surface area is 169 Å². The van der Waals surface area contributed by atoms with E-state index in [1.54, 1.807) is 25.2 Å². The smallest absolute Gasteiger partial charge is 0.310 e. The number of fused-ring (bicyclic) bond motifs is 1. The van der Waals surface area contributed by atoms with Crippen molar-refractivity contribution >= 4 is 17.5 Å². The lowest BCUT2D eigenvalue weighted by Crippen LogP contribution is -2.29. The number of benzene rings is 1. The van der Waals surface area contributed by atoms with E-state index in [0.29, 0.717) is 0 Å². The van der Waals surface area contributed by atoms with Crippen LogP contribution in [0, 0.1) is 0 Å². The largest absolute Gasteiger partial charge is 0.507 e. The first-order valence-electron chi connectivity index (χ1n) is 9.12. The molecule has 6 heteroatoms. The fourth-order valence-corrected chi connectivity index (χ4v) is 2.87. The minimum absolute atomic E-state index is 0.0176. The van der Waals surface area contributed by atoms with Crippen molar-refractivity contribution < 1.29 is 29.3 Å². The van der Waals surface area contributed by atoms with Crippen LogP contribution in [0.15, 0.2) is 59.7 Å². The minimum atomic E-state index is -0.998. The molecular weight excluding hydrogens is 372 g/mol. The summed E-state index contributed by atoms with van der Waals surface area (Å²) in [5.41, 5.74) is 1.15. The SMILES string of the molecule is C=C(C)C=CCC(=O)O[C@H](CC=C(C)C)C1=CC(=O)c2c(O)ccc(O)c2C1=O. The van der Waals surface area contributed by atoms with E-state index in [1.165, 1.54) is 0 Å². The molecule has 1 aliphatic rings. The maximum Gasteiger partial charge on any atom is 0.310 e. The first kappa shape index (κ1) is 21.9. The van der Waals surface area contributed by atoms with Crippen LogP contribution in [0.25, 0.3) is 0 Å². The molecule has 0 aromatic heterocycles. The second kappa shape index (κ2) is 9.19. The molecule has 1 aromatic rings. The Morgan fingerprint density at radius 3 is 2.34 bits per heavy atom. The van der Waals surface area contributed by atoms with Crippen LogP contribution < -0.4 is 0 Å². The number of hydrogen-bond acceptors (Lipinski definition) is 6. The lowest BCUT2D eigenvalue weighted by Gasteiger charge is -2.23. The van der Waals surface area contributed by atoms with Crippen LogP contribution in [-0.2, 0) is 9.53 Å². The molecule has 0 bridgehead atoms. The molecule has 0 heterocycles. The van der Waals surface area contributed by atoms with Gasteiger partial charge in [0.15, 0.2) is 11.6 Å². The number of aromatic hydroxyl groups is 2. The number of rotatable bonds is 7. The highest BCUT2D eigenvalue weighted by Crippen LogP contribution is 2.36. The van der Waals surface area contributed by atoms with Crippen molar-refractivity contribution in [3.8, 4) is 11.5 Å². The van der Waals surface area contributed by atoms with Gasteiger partial charge in [-0.2, -0.15) is 0 Å². The van der Waals surface area contributed by atoms with Crippen LogP contribution in [0.5, 0.6) is 11.5 Å². The molecule has 0 saturated heterocycles. The zero-order chi connectivity index (χ0) is 21.7. The number of carbonyl (C=O) groups excluding carboxylic acids is 3. The van der Waals surface area contributed by atoms with Gasteiger partial charge >= 0.3 is 5.97 Å². The lowest BCUT2D eigenvalue weighted by molar-refractivity contribution is -0.146. The molecule has 0 amide bonds. The molecule has 152 valence electrons. The van der Waals surface area contributed by atoms with Crippen molar-refractivity contribution in [3.05, 3.63) is 70.9 Å². The molecule has 1 atom stereocenters. The highest BCUT2D eigenvalue weighted by atomic mass is 16.5. The van der Waals surface area contributed by atoms with Gasteiger partial charge in [0.1, 0.15) is 17.6 Å². The van der Waals surface area contributed by atoms with E-state index in [9.17, 15) is 24.6 Å². The Bertz CT molecular complexity index is 958. The van der Waals surface area contributed by atoms with Gasteiger partial charge in [-0.3, -0.25) is 14.4 Å². The van der Waals surface area contributed by atoms with Gasteiger partial charge in [-0.05, 0) is 39.0 Å². The molecular formula is C23H24O6. The number of esters is 1. The summed E-state index contributed by atoms with van der Waals surface area (Å²) in [4.78, 5) is 37.7. The summed E-state index contributed by atoms with van der Waals surface area (Å²) in [5.74, 6) is -2.68. The number of ketones is 2. The highest BCUT2D eigenvalue weighted by molar-refractivity contribution is 6.27. The first-order chi connectivity index (χ1) is 13.6.